The van der Waals surface area contributed by atoms with Crippen molar-refractivity contribution in [3.63, 3.8) is 0 Å². The molecule has 0 spiro atoms. The van der Waals surface area contributed by atoms with Gasteiger partial charge in [0.15, 0.2) is 5.13 Å². The number of anilines is 1. The van der Waals surface area contributed by atoms with E-state index in [1.54, 1.807) is 14.2 Å². The predicted molar refractivity (Wildman–Crippen MR) is 97.7 cm³/mol. The van der Waals surface area contributed by atoms with Crippen molar-refractivity contribution in [1.82, 2.24) is 4.98 Å². The van der Waals surface area contributed by atoms with E-state index in [1.165, 1.54) is 22.7 Å². The Balaban J connectivity index is 1.83. The van der Waals surface area contributed by atoms with Gasteiger partial charge in [-0.05, 0) is 36.1 Å². The first-order chi connectivity index (χ1) is 11.6. The van der Waals surface area contributed by atoms with Gasteiger partial charge in [-0.3, -0.25) is 10.1 Å². The average molecular weight is 360 g/mol. The number of thiazole rings is 1. The molecule has 5 nitrogen and oxygen atoms in total. The molecule has 0 fully saturated rings. The summed E-state index contributed by atoms with van der Waals surface area (Å²) in [6.45, 7) is 1.92. The Morgan fingerprint density at radius 2 is 2.00 bits per heavy atom. The summed E-state index contributed by atoms with van der Waals surface area (Å²) in [7, 11) is 3.21. The third-order valence-electron chi connectivity index (χ3n) is 3.48. The van der Waals surface area contributed by atoms with E-state index in [1.807, 2.05) is 41.9 Å². The lowest BCUT2D eigenvalue weighted by atomic mass is 10.1. The first-order valence-electron chi connectivity index (χ1n) is 7.15. The van der Waals surface area contributed by atoms with Crippen LogP contribution in [0.5, 0.6) is 11.5 Å². The summed E-state index contributed by atoms with van der Waals surface area (Å²) >= 11 is 2.80. The van der Waals surface area contributed by atoms with Gasteiger partial charge in [0, 0.05) is 17.0 Å². The highest BCUT2D eigenvalue weighted by Crippen LogP contribution is 2.35. The van der Waals surface area contributed by atoms with E-state index in [0.717, 1.165) is 16.8 Å². The molecule has 24 heavy (non-hydrogen) atoms. The lowest BCUT2D eigenvalue weighted by Gasteiger charge is -2.08. The molecule has 1 aromatic carbocycles. The lowest BCUT2D eigenvalue weighted by Crippen LogP contribution is -2.11. The van der Waals surface area contributed by atoms with Crippen molar-refractivity contribution in [3.05, 3.63) is 45.5 Å². The van der Waals surface area contributed by atoms with Gasteiger partial charge in [0.25, 0.3) is 5.91 Å². The van der Waals surface area contributed by atoms with Crippen molar-refractivity contribution in [2.24, 2.45) is 0 Å². The Hall–Kier alpha value is -2.38. The Morgan fingerprint density at radius 1 is 1.17 bits per heavy atom. The van der Waals surface area contributed by atoms with E-state index in [-0.39, 0.29) is 5.91 Å². The van der Waals surface area contributed by atoms with Crippen LogP contribution in [0, 0.1) is 6.92 Å². The first kappa shape index (κ1) is 16.5. The lowest BCUT2D eigenvalue weighted by molar-refractivity contribution is 0.103. The zero-order valence-corrected chi connectivity index (χ0v) is 15.1. The van der Waals surface area contributed by atoms with Gasteiger partial charge in [0.2, 0.25) is 0 Å². The molecule has 3 rings (SSSR count). The van der Waals surface area contributed by atoms with Crippen LogP contribution in [0.4, 0.5) is 5.13 Å². The molecule has 0 saturated heterocycles. The molecule has 0 atom stereocenters. The van der Waals surface area contributed by atoms with E-state index in [4.69, 9.17) is 9.47 Å². The van der Waals surface area contributed by atoms with Crippen LogP contribution in [0.15, 0.2) is 35.0 Å². The number of amides is 1. The molecule has 1 amide bonds. The second-order valence-corrected chi connectivity index (χ2v) is 6.77. The molecular weight excluding hydrogens is 344 g/mol. The normalized spacial score (nSPS) is 10.5. The molecule has 2 heterocycles. The Kier molecular flexibility index (Phi) is 4.82. The summed E-state index contributed by atoms with van der Waals surface area (Å²) in [4.78, 5) is 17.5. The van der Waals surface area contributed by atoms with Crippen LogP contribution in [0.2, 0.25) is 0 Å². The zero-order valence-electron chi connectivity index (χ0n) is 13.5. The number of hydrogen-bond acceptors (Lipinski definition) is 6. The smallest absolute Gasteiger partial charge is 0.267 e. The summed E-state index contributed by atoms with van der Waals surface area (Å²) in [6, 6.07) is 7.48. The van der Waals surface area contributed by atoms with Crippen LogP contribution >= 0.6 is 22.7 Å². The van der Waals surface area contributed by atoms with Gasteiger partial charge >= 0.3 is 0 Å². The van der Waals surface area contributed by atoms with Crippen LogP contribution in [-0.2, 0) is 0 Å². The number of nitrogens with one attached hydrogen (secondary N) is 1. The molecule has 0 bridgehead atoms. The fraction of sp³-hybridized carbons (Fsp3) is 0.176. The third-order valence-corrected chi connectivity index (χ3v) is 5.25. The highest BCUT2D eigenvalue weighted by Gasteiger charge is 2.15. The topological polar surface area (TPSA) is 60.5 Å². The van der Waals surface area contributed by atoms with Crippen molar-refractivity contribution in [2.75, 3.05) is 19.5 Å². The van der Waals surface area contributed by atoms with Gasteiger partial charge < -0.3 is 9.47 Å². The molecule has 0 saturated carbocycles. The highest BCUT2D eigenvalue weighted by atomic mass is 32.1. The number of hydrogen-bond donors (Lipinski definition) is 1. The predicted octanol–water partition coefficient (Wildman–Crippen LogP) is 4.45. The number of nitrogens with zero attached hydrogens (tertiary/aromatic N) is 1. The SMILES string of the molecule is COc1ccc(-c2csc(NC(=O)c3sccc3C)n2)c(OC)c1. The van der Waals surface area contributed by atoms with Crippen molar-refractivity contribution in [1.29, 1.82) is 0 Å². The molecule has 0 radical (unpaired) electrons. The molecule has 1 N–H and O–H groups in total. The van der Waals surface area contributed by atoms with E-state index < -0.39 is 0 Å². The molecule has 0 aliphatic heterocycles. The molecule has 2 aromatic heterocycles. The maximum atomic E-state index is 12.3. The number of carbonyl (C=O) groups is 1. The van der Waals surface area contributed by atoms with Crippen molar-refractivity contribution >= 4 is 33.7 Å². The Labute approximate surface area is 147 Å². The second-order valence-electron chi connectivity index (χ2n) is 4.99. The van der Waals surface area contributed by atoms with Crippen LogP contribution in [0.25, 0.3) is 11.3 Å². The number of rotatable bonds is 5. The molecule has 0 aliphatic rings. The third kappa shape index (κ3) is 3.27. The number of aromatic nitrogens is 1. The highest BCUT2D eigenvalue weighted by molar-refractivity contribution is 7.14. The number of ether oxygens (including phenoxy) is 2. The van der Waals surface area contributed by atoms with E-state index in [2.05, 4.69) is 10.3 Å². The summed E-state index contributed by atoms with van der Waals surface area (Å²) in [6.07, 6.45) is 0. The summed E-state index contributed by atoms with van der Waals surface area (Å²) in [5, 5.41) is 7.20. The van der Waals surface area contributed by atoms with Crippen molar-refractivity contribution < 1.29 is 14.3 Å². The Morgan fingerprint density at radius 3 is 2.67 bits per heavy atom. The van der Waals surface area contributed by atoms with Gasteiger partial charge in [-0.1, -0.05) is 0 Å². The zero-order chi connectivity index (χ0) is 17.1. The van der Waals surface area contributed by atoms with E-state index in [9.17, 15) is 4.79 Å². The van der Waals surface area contributed by atoms with Crippen LogP contribution in [0.1, 0.15) is 15.2 Å². The minimum absolute atomic E-state index is 0.134. The number of aryl methyl sites for hydroxylation is 1. The van der Waals surface area contributed by atoms with Crippen molar-refractivity contribution in [2.45, 2.75) is 6.92 Å². The van der Waals surface area contributed by atoms with Crippen molar-refractivity contribution in [3.8, 4) is 22.8 Å². The summed E-state index contributed by atoms with van der Waals surface area (Å²) in [5.41, 5.74) is 2.56. The average Bonchev–Trinajstić information content (AvgIpc) is 3.23. The maximum Gasteiger partial charge on any atom is 0.267 e. The van der Waals surface area contributed by atoms with Gasteiger partial charge in [-0.25, -0.2) is 4.98 Å². The minimum Gasteiger partial charge on any atom is -0.497 e. The fourth-order valence-electron chi connectivity index (χ4n) is 2.22. The van der Waals surface area contributed by atoms with Gasteiger partial charge in [-0.2, -0.15) is 0 Å². The van der Waals surface area contributed by atoms with E-state index in [0.29, 0.717) is 21.5 Å². The largest absolute Gasteiger partial charge is 0.497 e. The van der Waals surface area contributed by atoms with Crippen LogP contribution in [-0.4, -0.2) is 25.1 Å². The maximum absolute atomic E-state index is 12.3. The van der Waals surface area contributed by atoms with Gasteiger partial charge in [0.1, 0.15) is 11.5 Å². The number of methoxy groups -OCH3 is 2. The van der Waals surface area contributed by atoms with Gasteiger partial charge in [-0.15, -0.1) is 22.7 Å². The standard InChI is InChI=1S/C17H16N2O3S2/c1-10-6-7-23-15(10)16(20)19-17-18-13(9-24-17)12-5-4-11(21-2)8-14(12)22-3/h4-9H,1-3H3,(H,18,19,20). The molecule has 0 aliphatic carbocycles. The fourth-order valence-corrected chi connectivity index (χ4v) is 3.75. The monoisotopic (exact) mass is 360 g/mol. The van der Waals surface area contributed by atoms with Crippen LogP contribution < -0.4 is 14.8 Å². The summed E-state index contributed by atoms with van der Waals surface area (Å²) in [5.74, 6) is 1.25. The molecular formula is C17H16N2O3S2. The number of thiophene rings is 1. The number of carbonyl (C=O) groups excluding carboxylic acids is 1. The van der Waals surface area contributed by atoms with Crippen LogP contribution in [0.3, 0.4) is 0 Å². The molecule has 7 heteroatoms. The Bertz CT molecular complexity index is 870. The first-order valence-corrected chi connectivity index (χ1v) is 8.91. The number of benzene rings is 1. The molecule has 124 valence electrons. The second kappa shape index (κ2) is 7.02. The van der Waals surface area contributed by atoms with E-state index >= 15 is 0 Å². The van der Waals surface area contributed by atoms with Gasteiger partial charge in [0.05, 0.1) is 24.8 Å². The molecule has 0 unspecified atom stereocenters. The minimum atomic E-state index is -0.134. The quantitative estimate of drug-likeness (QED) is 0.730. The molecule has 3 aromatic rings. The summed E-state index contributed by atoms with van der Waals surface area (Å²) < 4.78 is 10.6.